The van der Waals surface area contributed by atoms with Crippen LogP contribution >= 0.6 is 11.3 Å². The number of aryl methyl sites for hydroxylation is 2. The molecule has 0 spiro atoms. The topological polar surface area (TPSA) is 68.0 Å². The average molecular weight is 275 g/mol. The number of anilines is 1. The van der Waals surface area contributed by atoms with Gasteiger partial charge in [-0.3, -0.25) is 4.79 Å². The standard InChI is InChI=1S/C14H17N3OS/c1-3-12-4-10(5-13(15)17-12)14(18)16-6-11-8-19-7-9(11)2/h4-5,7-8H,3,6H2,1-2H3,(H2,15,17)(H,16,18). The molecular weight excluding hydrogens is 258 g/mol. The average Bonchev–Trinajstić information content (AvgIpc) is 2.80. The van der Waals surface area contributed by atoms with E-state index in [1.165, 1.54) is 5.56 Å². The molecule has 0 atom stereocenters. The molecule has 2 heterocycles. The van der Waals surface area contributed by atoms with Gasteiger partial charge in [-0.25, -0.2) is 4.98 Å². The number of nitrogens with one attached hydrogen (secondary N) is 1. The van der Waals surface area contributed by atoms with E-state index in [2.05, 4.69) is 15.7 Å². The third kappa shape index (κ3) is 3.32. The number of pyridine rings is 1. The number of aromatic nitrogens is 1. The number of carbonyl (C=O) groups excluding carboxylic acids is 1. The van der Waals surface area contributed by atoms with Gasteiger partial charge in [-0.2, -0.15) is 11.3 Å². The fourth-order valence-corrected chi connectivity index (χ4v) is 2.63. The fraction of sp³-hybridized carbons (Fsp3) is 0.286. The second kappa shape index (κ2) is 5.84. The van der Waals surface area contributed by atoms with Gasteiger partial charge < -0.3 is 11.1 Å². The van der Waals surface area contributed by atoms with Crippen LogP contribution in [0.1, 0.15) is 34.1 Å². The first kappa shape index (κ1) is 13.5. The Morgan fingerprint density at radius 2 is 2.21 bits per heavy atom. The minimum Gasteiger partial charge on any atom is -0.384 e. The van der Waals surface area contributed by atoms with Crippen LogP contribution < -0.4 is 11.1 Å². The summed E-state index contributed by atoms with van der Waals surface area (Å²) in [4.78, 5) is 16.2. The van der Waals surface area contributed by atoms with Crippen molar-refractivity contribution in [2.75, 3.05) is 5.73 Å². The van der Waals surface area contributed by atoms with Crippen LogP contribution in [0.3, 0.4) is 0 Å². The molecule has 0 radical (unpaired) electrons. The molecule has 100 valence electrons. The van der Waals surface area contributed by atoms with Crippen LogP contribution in [0, 0.1) is 6.92 Å². The summed E-state index contributed by atoms with van der Waals surface area (Å²) in [5.41, 5.74) is 9.45. The van der Waals surface area contributed by atoms with Crippen LogP contribution in [0.5, 0.6) is 0 Å². The molecule has 0 saturated heterocycles. The molecule has 0 aliphatic rings. The summed E-state index contributed by atoms with van der Waals surface area (Å²) in [6.07, 6.45) is 0.759. The first-order valence-electron chi connectivity index (χ1n) is 6.16. The number of nitrogen functional groups attached to an aromatic ring is 1. The predicted octanol–water partition coefficient (Wildman–Crippen LogP) is 2.53. The number of nitrogens with zero attached hydrogens (tertiary/aromatic N) is 1. The molecule has 0 saturated carbocycles. The summed E-state index contributed by atoms with van der Waals surface area (Å²) < 4.78 is 0. The van der Waals surface area contributed by atoms with Gasteiger partial charge in [0.25, 0.3) is 5.91 Å². The van der Waals surface area contributed by atoms with Gasteiger partial charge in [0.1, 0.15) is 5.82 Å². The van der Waals surface area contributed by atoms with E-state index in [0.29, 0.717) is 17.9 Å². The number of thiophene rings is 1. The Balaban J connectivity index is 2.08. The molecule has 0 aliphatic heterocycles. The summed E-state index contributed by atoms with van der Waals surface area (Å²) in [5, 5.41) is 7.03. The summed E-state index contributed by atoms with van der Waals surface area (Å²) in [6, 6.07) is 3.39. The highest BCUT2D eigenvalue weighted by molar-refractivity contribution is 7.08. The quantitative estimate of drug-likeness (QED) is 0.901. The Kier molecular flexibility index (Phi) is 4.16. The molecule has 0 fully saturated rings. The number of amides is 1. The SMILES string of the molecule is CCc1cc(C(=O)NCc2cscc2C)cc(N)n1. The van der Waals surface area contributed by atoms with Crippen molar-refractivity contribution >= 4 is 23.1 Å². The number of nitrogens with two attached hydrogens (primary N) is 1. The number of hydrogen-bond donors (Lipinski definition) is 2. The third-order valence-electron chi connectivity index (χ3n) is 2.92. The van der Waals surface area contributed by atoms with Crippen molar-refractivity contribution in [3.05, 3.63) is 45.3 Å². The number of rotatable bonds is 4. The molecule has 2 aromatic heterocycles. The molecule has 0 unspecified atom stereocenters. The van der Waals surface area contributed by atoms with Gasteiger partial charge in [-0.1, -0.05) is 6.92 Å². The van der Waals surface area contributed by atoms with Crippen LogP contribution in [0.2, 0.25) is 0 Å². The van der Waals surface area contributed by atoms with Crippen molar-refractivity contribution in [1.29, 1.82) is 0 Å². The minimum absolute atomic E-state index is 0.116. The Morgan fingerprint density at radius 3 is 2.84 bits per heavy atom. The summed E-state index contributed by atoms with van der Waals surface area (Å²) in [7, 11) is 0. The van der Waals surface area contributed by atoms with E-state index in [9.17, 15) is 4.79 Å². The highest BCUT2D eigenvalue weighted by atomic mass is 32.1. The van der Waals surface area contributed by atoms with Crippen molar-refractivity contribution in [3.63, 3.8) is 0 Å². The number of carbonyl (C=O) groups is 1. The molecule has 19 heavy (non-hydrogen) atoms. The van der Waals surface area contributed by atoms with Crippen molar-refractivity contribution in [3.8, 4) is 0 Å². The molecular formula is C14H17N3OS. The minimum atomic E-state index is -0.116. The Morgan fingerprint density at radius 1 is 1.42 bits per heavy atom. The van der Waals surface area contributed by atoms with Crippen LogP contribution in [0.4, 0.5) is 5.82 Å². The van der Waals surface area contributed by atoms with E-state index in [1.54, 1.807) is 23.5 Å². The van der Waals surface area contributed by atoms with Gasteiger partial charge in [-0.05, 0) is 47.4 Å². The predicted molar refractivity (Wildman–Crippen MR) is 78.3 cm³/mol. The molecule has 2 aromatic rings. The normalized spacial score (nSPS) is 10.4. The lowest BCUT2D eigenvalue weighted by molar-refractivity contribution is 0.0950. The van der Waals surface area contributed by atoms with Crippen LogP contribution in [0.15, 0.2) is 22.9 Å². The van der Waals surface area contributed by atoms with Crippen LogP contribution in [-0.2, 0) is 13.0 Å². The lowest BCUT2D eigenvalue weighted by atomic mass is 10.1. The molecule has 5 heteroatoms. The monoisotopic (exact) mass is 275 g/mol. The van der Waals surface area contributed by atoms with Gasteiger partial charge in [0.15, 0.2) is 0 Å². The van der Waals surface area contributed by atoms with Crippen molar-refractivity contribution < 1.29 is 4.79 Å². The van der Waals surface area contributed by atoms with E-state index in [1.807, 2.05) is 19.2 Å². The third-order valence-corrected chi connectivity index (χ3v) is 3.83. The van der Waals surface area contributed by atoms with Crippen molar-refractivity contribution in [2.24, 2.45) is 0 Å². The zero-order valence-electron chi connectivity index (χ0n) is 11.1. The van der Waals surface area contributed by atoms with Crippen LogP contribution in [-0.4, -0.2) is 10.9 Å². The molecule has 2 rings (SSSR count). The van der Waals surface area contributed by atoms with E-state index in [0.717, 1.165) is 17.7 Å². The smallest absolute Gasteiger partial charge is 0.251 e. The van der Waals surface area contributed by atoms with Crippen molar-refractivity contribution in [2.45, 2.75) is 26.8 Å². The first-order valence-corrected chi connectivity index (χ1v) is 7.10. The van der Waals surface area contributed by atoms with E-state index in [4.69, 9.17) is 5.73 Å². The highest BCUT2D eigenvalue weighted by Crippen LogP contribution is 2.14. The Labute approximate surface area is 116 Å². The maximum absolute atomic E-state index is 12.1. The lowest BCUT2D eigenvalue weighted by Crippen LogP contribution is -2.23. The molecule has 0 aliphatic carbocycles. The van der Waals surface area contributed by atoms with Gasteiger partial charge in [0.2, 0.25) is 0 Å². The zero-order chi connectivity index (χ0) is 13.8. The zero-order valence-corrected chi connectivity index (χ0v) is 11.9. The molecule has 0 bridgehead atoms. The first-order chi connectivity index (χ1) is 9.10. The van der Waals surface area contributed by atoms with Gasteiger partial charge in [0.05, 0.1) is 0 Å². The maximum Gasteiger partial charge on any atom is 0.251 e. The van der Waals surface area contributed by atoms with Gasteiger partial charge in [-0.15, -0.1) is 0 Å². The van der Waals surface area contributed by atoms with E-state index < -0.39 is 0 Å². The summed E-state index contributed by atoms with van der Waals surface area (Å²) >= 11 is 1.64. The Hall–Kier alpha value is -1.88. The lowest BCUT2D eigenvalue weighted by Gasteiger charge is -2.07. The maximum atomic E-state index is 12.1. The van der Waals surface area contributed by atoms with Gasteiger partial charge in [0, 0.05) is 17.8 Å². The molecule has 4 nitrogen and oxygen atoms in total. The highest BCUT2D eigenvalue weighted by Gasteiger charge is 2.09. The Bertz CT molecular complexity index is 592. The van der Waals surface area contributed by atoms with E-state index in [-0.39, 0.29) is 5.91 Å². The molecule has 1 amide bonds. The molecule has 0 aromatic carbocycles. The second-order valence-electron chi connectivity index (χ2n) is 4.39. The van der Waals surface area contributed by atoms with Crippen molar-refractivity contribution in [1.82, 2.24) is 10.3 Å². The largest absolute Gasteiger partial charge is 0.384 e. The number of hydrogen-bond acceptors (Lipinski definition) is 4. The second-order valence-corrected chi connectivity index (χ2v) is 5.13. The van der Waals surface area contributed by atoms with Gasteiger partial charge >= 0.3 is 0 Å². The summed E-state index contributed by atoms with van der Waals surface area (Å²) in [6.45, 7) is 4.56. The fourth-order valence-electron chi connectivity index (χ4n) is 1.77. The summed E-state index contributed by atoms with van der Waals surface area (Å²) in [5.74, 6) is 0.269. The van der Waals surface area contributed by atoms with Crippen LogP contribution in [0.25, 0.3) is 0 Å². The van der Waals surface area contributed by atoms with E-state index >= 15 is 0 Å². The molecule has 3 N–H and O–H groups in total.